The van der Waals surface area contributed by atoms with Crippen LogP contribution < -0.4 is 4.74 Å². The molecule has 0 spiro atoms. The summed E-state index contributed by atoms with van der Waals surface area (Å²) in [7, 11) is 0. The molecule has 1 heterocycles. The Morgan fingerprint density at radius 2 is 1.72 bits per heavy atom. The van der Waals surface area contributed by atoms with Crippen molar-refractivity contribution in [2.45, 2.75) is 37.3 Å². The van der Waals surface area contributed by atoms with Crippen molar-refractivity contribution < 1.29 is 44.5 Å². The summed E-state index contributed by atoms with van der Waals surface area (Å²) in [5.41, 5.74) is 0.635. The van der Waals surface area contributed by atoms with Crippen molar-refractivity contribution in [1.82, 2.24) is 0 Å². The first-order chi connectivity index (χ1) is 13.9. The van der Waals surface area contributed by atoms with Crippen LogP contribution in [-0.4, -0.2) is 68.8 Å². The van der Waals surface area contributed by atoms with Crippen molar-refractivity contribution in [2.24, 2.45) is 0 Å². The van der Waals surface area contributed by atoms with Crippen molar-refractivity contribution in [3.63, 3.8) is 0 Å². The second kappa shape index (κ2) is 9.21. The smallest absolute Gasteiger partial charge is 0.342 e. The number of aliphatic hydroxyl groups is 4. The first-order valence-corrected chi connectivity index (χ1v) is 8.92. The average Bonchev–Trinajstić information content (AvgIpc) is 2.74. The number of rotatable bonds is 6. The number of carbonyl (C=O) groups excluding carboxylic acids is 1. The zero-order valence-electron chi connectivity index (χ0n) is 15.3. The molecule has 9 heteroatoms. The highest BCUT2D eigenvalue weighted by molar-refractivity contribution is 5.93. The van der Waals surface area contributed by atoms with Crippen molar-refractivity contribution in [3.05, 3.63) is 59.7 Å². The zero-order chi connectivity index (χ0) is 21.0. The molecule has 0 aliphatic carbocycles. The topological polar surface area (TPSA) is 146 Å². The third-order valence-corrected chi connectivity index (χ3v) is 4.49. The van der Waals surface area contributed by atoms with E-state index >= 15 is 0 Å². The molecule has 1 saturated heterocycles. The fraction of sp³-hybridized carbons (Fsp3) is 0.350. The van der Waals surface area contributed by atoms with Crippen molar-refractivity contribution >= 4 is 5.97 Å². The lowest BCUT2D eigenvalue weighted by Crippen LogP contribution is -2.60. The van der Waals surface area contributed by atoms with E-state index in [1.165, 1.54) is 12.1 Å². The predicted octanol–water partition coefficient (Wildman–Crippen LogP) is -0.0721. The highest BCUT2D eigenvalue weighted by Crippen LogP contribution is 2.29. The highest BCUT2D eigenvalue weighted by Gasteiger charge is 2.45. The summed E-state index contributed by atoms with van der Waals surface area (Å²) >= 11 is 0. The van der Waals surface area contributed by atoms with Crippen LogP contribution in [-0.2, 0) is 16.1 Å². The van der Waals surface area contributed by atoms with Crippen LogP contribution in [0.25, 0.3) is 0 Å². The first-order valence-electron chi connectivity index (χ1n) is 8.92. The van der Waals surface area contributed by atoms with E-state index < -0.39 is 43.3 Å². The second-order valence-corrected chi connectivity index (χ2v) is 6.56. The van der Waals surface area contributed by atoms with Gasteiger partial charge in [0.2, 0.25) is 6.29 Å². The summed E-state index contributed by atoms with van der Waals surface area (Å²) in [6.07, 6.45) is -7.45. The summed E-state index contributed by atoms with van der Waals surface area (Å²) in [5.74, 6) is -1.08. The third kappa shape index (κ3) is 4.84. The van der Waals surface area contributed by atoms with E-state index in [1.54, 1.807) is 24.3 Å². The Kier molecular flexibility index (Phi) is 6.68. The molecule has 2 aromatic carbocycles. The molecule has 5 atom stereocenters. The van der Waals surface area contributed by atoms with Crippen LogP contribution in [0.3, 0.4) is 0 Å². The van der Waals surface area contributed by atoms with E-state index in [9.17, 15) is 30.3 Å². The Balaban J connectivity index is 1.76. The molecular formula is C20H22O9. The molecule has 0 radical (unpaired) electrons. The van der Waals surface area contributed by atoms with Crippen molar-refractivity contribution in [2.75, 3.05) is 6.61 Å². The maximum atomic E-state index is 12.5. The lowest BCUT2D eigenvalue weighted by molar-refractivity contribution is -0.277. The zero-order valence-corrected chi connectivity index (χ0v) is 15.3. The summed E-state index contributed by atoms with van der Waals surface area (Å²) in [5, 5.41) is 48.8. The molecule has 0 unspecified atom stereocenters. The number of phenolic OH excluding ortho intramolecular Hbond substituents is 1. The lowest BCUT2D eigenvalue weighted by Gasteiger charge is -2.39. The number of ether oxygens (including phenoxy) is 3. The van der Waals surface area contributed by atoms with Gasteiger partial charge >= 0.3 is 5.97 Å². The van der Waals surface area contributed by atoms with Gasteiger partial charge in [0, 0.05) is 0 Å². The van der Waals surface area contributed by atoms with Crippen LogP contribution in [0.1, 0.15) is 15.9 Å². The average molecular weight is 406 g/mol. The van der Waals surface area contributed by atoms with Gasteiger partial charge in [-0.05, 0) is 23.8 Å². The molecule has 5 N–H and O–H groups in total. The SMILES string of the molecule is O=C(OCc1ccccc1)c1cc(O)ccc1O[C@@H]1O[C@H](CO)[C@@H](O)[C@H](O)[C@H]1O. The number of esters is 1. The Hall–Kier alpha value is -2.69. The minimum atomic E-state index is -1.64. The number of carbonyl (C=O) groups is 1. The van der Waals surface area contributed by atoms with Crippen LogP contribution in [0.5, 0.6) is 11.5 Å². The van der Waals surface area contributed by atoms with Crippen LogP contribution in [0.4, 0.5) is 0 Å². The lowest BCUT2D eigenvalue weighted by atomic mass is 9.99. The van der Waals surface area contributed by atoms with Gasteiger partial charge in [0.25, 0.3) is 0 Å². The van der Waals surface area contributed by atoms with Crippen LogP contribution in [0.2, 0.25) is 0 Å². The van der Waals surface area contributed by atoms with Gasteiger partial charge in [-0.2, -0.15) is 0 Å². The van der Waals surface area contributed by atoms with Gasteiger partial charge in [-0.1, -0.05) is 30.3 Å². The Bertz CT molecular complexity index is 824. The highest BCUT2D eigenvalue weighted by atomic mass is 16.7. The molecule has 3 rings (SSSR count). The molecule has 2 aromatic rings. The Labute approximate surface area is 166 Å². The van der Waals surface area contributed by atoms with Gasteiger partial charge in [-0.25, -0.2) is 4.79 Å². The third-order valence-electron chi connectivity index (χ3n) is 4.49. The molecule has 0 amide bonds. The van der Waals surface area contributed by atoms with Crippen LogP contribution >= 0.6 is 0 Å². The molecular weight excluding hydrogens is 384 g/mol. The summed E-state index contributed by atoms with van der Waals surface area (Å²) in [6, 6.07) is 12.6. The van der Waals surface area contributed by atoms with Gasteiger partial charge in [0.05, 0.1) is 6.61 Å². The molecule has 0 aromatic heterocycles. The molecule has 1 aliphatic heterocycles. The first kappa shape index (κ1) is 21.0. The number of benzene rings is 2. The Morgan fingerprint density at radius 3 is 2.41 bits per heavy atom. The number of aromatic hydroxyl groups is 1. The van der Waals surface area contributed by atoms with Crippen molar-refractivity contribution in [1.29, 1.82) is 0 Å². The molecule has 0 bridgehead atoms. The summed E-state index contributed by atoms with van der Waals surface area (Å²) < 4.78 is 16.0. The summed E-state index contributed by atoms with van der Waals surface area (Å²) in [6.45, 7) is -0.624. The van der Waals surface area contributed by atoms with E-state index in [2.05, 4.69) is 0 Å². The van der Waals surface area contributed by atoms with E-state index in [-0.39, 0.29) is 23.7 Å². The standard InChI is InChI=1S/C20H22O9/c21-9-15-16(23)17(24)18(25)20(29-15)28-14-7-6-12(22)8-13(14)19(26)27-10-11-4-2-1-3-5-11/h1-8,15-18,20-25H,9-10H2/t15-,16-,17+,18-,20-/m1/s1. The minimum Gasteiger partial charge on any atom is -0.508 e. The van der Waals surface area contributed by atoms with Gasteiger partial charge in [0.15, 0.2) is 0 Å². The molecule has 156 valence electrons. The number of aliphatic hydroxyl groups excluding tert-OH is 4. The van der Waals surface area contributed by atoms with Gasteiger partial charge in [-0.15, -0.1) is 0 Å². The maximum absolute atomic E-state index is 12.5. The largest absolute Gasteiger partial charge is 0.508 e. The molecule has 29 heavy (non-hydrogen) atoms. The normalized spacial score (nSPS) is 26.7. The number of phenols is 1. The maximum Gasteiger partial charge on any atom is 0.342 e. The molecule has 1 aliphatic rings. The van der Waals surface area contributed by atoms with E-state index in [0.29, 0.717) is 0 Å². The minimum absolute atomic E-state index is 0.00514. The molecule has 0 saturated carbocycles. The van der Waals surface area contributed by atoms with E-state index in [4.69, 9.17) is 14.2 Å². The van der Waals surface area contributed by atoms with Gasteiger partial charge < -0.3 is 39.7 Å². The molecule has 9 nitrogen and oxygen atoms in total. The fourth-order valence-electron chi connectivity index (χ4n) is 2.87. The second-order valence-electron chi connectivity index (χ2n) is 6.56. The van der Waals surface area contributed by atoms with E-state index in [1.807, 2.05) is 6.07 Å². The summed E-state index contributed by atoms with van der Waals surface area (Å²) in [4.78, 5) is 12.5. The monoisotopic (exact) mass is 406 g/mol. The Morgan fingerprint density at radius 1 is 1.00 bits per heavy atom. The van der Waals surface area contributed by atoms with E-state index in [0.717, 1.165) is 11.6 Å². The predicted molar refractivity (Wildman–Crippen MR) is 98.1 cm³/mol. The van der Waals surface area contributed by atoms with Gasteiger partial charge in [0.1, 0.15) is 48.1 Å². The number of hydrogen-bond acceptors (Lipinski definition) is 9. The molecule has 1 fully saturated rings. The number of hydrogen-bond donors (Lipinski definition) is 5. The quantitative estimate of drug-likeness (QED) is 0.416. The van der Waals surface area contributed by atoms with Crippen molar-refractivity contribution in [3.8, 4) is 11.5 Å². The van der Waals surface area contributed by atoms with Gasteiger partial charge in [-0.3, -0.25) is 0 Å². The van der Waals surface area contributed by atoms with Crippen LogP contribution in [0.15, 0.2) is 48.5 Å². The fourth-order valence-corrected chi connectivity index (χ4v) is 2.87. The van der Waals surface area contributed by atoms with Crippen LogP contribution in [0, 0.1) is 0 Å².